The van der Waals surface area contributed by atoms with Gasteiger partial charge >= 0.3 is 0 Å². The lowest BCUT2D eigenvalue weighted by Gasteiger charge is -2.21. The van der Waals surface area contributed by atoms with Crippen LogP contribution in [0.25, 0.3) is 17.5 Å². The van der Waals surface area contributed by atoms with E-state index in [1.165, 1.54) is 5.57 Å². The third-order valence-electron chi connectivity index (χ3n) is 3.40. The Bertz CT molecular complexity index is 646. The molecule has 1 aromatic heterocycles. The molecule has 3 heteroatoms. The minimum absolute atomic E-state index is 0.860. The highest BCUT2D eigenvalue weighted by Crippen LogP contribution is 2.22. The molecule has 1 N–H and O–H groups in total. The van der Waals surface area contributed by atoms with Crippen LogP contribution in [-0.4, -0.2) is 21.4 Å². The molecule has 0 radical (unpaired) electrons. The van der Waals surface area contributed by atoms with Crippen LogP contribution in [0.3, 0.4) is 0 Å². The number of nitrogens with one attached hydrogen (secondary N) is 1. The van der Waals surface area contributed by atoms with Gasteiger partial charge < -0.3 is 9.88 Å². The van der Waals surface area contributed by atoms with E-state index in [0.29, 0.717) is 0 Å². The molecule has 20 heavy (non-hydrogen) atoms. The molecule has 2 heterocycles. The number of allylic oxidation sites excluding steroid dienone is 1. The first-order valence-electron chi connectivity index (χ1n) is 6.92. The molecule has 102 valence electrons. The number of hydrogen-bond acceptors (Lipinski definition) is 2. The molecule has 0 fully saturated rings. The summed E-state index contributed by atoms with van der Waals surface area (Å²) in [4.78, 5) is 10.4. The van der Waals surface area contributed by atoms with Crippen LogP contribution < -0.4 is 0 Å². The Morgan fingerprint density at radius 3 is 2.85 bits per heavy atom. The molecule has 0 aliphatic carbocycles. The van der Waals surface area contributed by atoms with Crippen LogP contribution in [0.4, 0.5) is 0 Å². The van der Waals surface area contributed by atoms with Crippen molar-refractivity contribution in [2.45, 2.75) is 20.4 Å². The second-order valence-electron chi connectivity index (χ2n) is 5.34. The standard InChI is InChI=1S/C17H19N3/c1-13(2)8-10-20-11-9-15-16(12-20)19-17(18-15)14-6-4-3-5-7-14/h3-9,11H,10,12H2,1-2H3,(H,18,19). The highest BCUT2D eigenvalue weighted by Gasteiger charge is 2.15. The molecule has 2 aromatic rings. The Morgan fingerprint density at radius 2 is 2.10 bits per heavy atom. The fraction of sp³-hybridized carbons (Fsp3) is 0.235. The number of benzene rings is 1. The van der Waals surface area contributed by atoms with E-state index in [1.807, 2.05) is 18.2 Å². The summed E-state index contributed by atoms with van der Waals surface area (Å²) in [6.07, 6.45) is 6.48. The van der Waals surface area contributed by atoms with Gasteiger partial charge in [0, 0.05) is 18.3 Å². The molecule has 0 amide bonds. The van der Waals surface area contributed by atoms with Crippen LogP contribution in [-0.2, 0) is 6.54 Å². The first-order chi connectivity index (χ1) is 9.72. The van der Waals surface area contributed by atoms with Crippen LogP contribution in [0.15, 0.2) is 48.2 Å². The Balaban J connectivity index is 1.81. The van der Waals surface area contributed by atoms with Gasteiger partial charge in [-0.05, 0) is 19.9 Å². The van der Waals surface area contributed by atoms with Crippen molar-refractivity contribution in [2.24, 2.45) is 0 Å². The van der Waals surface area contributed by atoms with Crippen molar-refractivity contribution in [2.75, 3.05) is 6.54 Å². The summed E-state index contributed by atoms with van der Waals surface area (Å²) < 4.78 is 0. The highest BCUT2D eigenvalue weighted by atomic mass is 15.1. The zero-order chi connectivity index (χ0) is 13.9. The first kappa shape index (κ1) is 12.7. The highest BCUT2D eigenvalue weighted by molar-refractivity contribution is 5.60. The average molecular weight is 265 g/mol. The fourth-order valence-corrected chi connectivity index (χ4v) is 2.26. The predicted octanol–water partition coefficient (Wildman–Crippen LogP) is 3.83. The van der Waals surface area contributed by atoms with Crippen molar-refractivity contribution in [3.05, 3.63) is 59.6 Å². The maximum atomic E-state index is 4.73. The topological polar surface area (TPSA) is 31.9 Å². The lowest BCUT2D eigenvalue weighted by molar-refractivity contribution is 0.400. The fourth-order valence-electron chi connectivity index (χ4n) is 2.26. The SMILES string of the molecule is CC(C)=CCN1C=Cc2[nH]c(-c3ccccc3)nc2C1. The largest absolute Gasteiger partial charge is 0.368 e. The van der Waals surface area contributed by atoms with Gasteiger partial charge in [0.2, 0.25) is 0 Å². The predicted molar refractivity (Wildman–Crippen MR) is 82.9 cm³/mol. The van der Waals surface area contributed by atoms with E-state index in [0.717, 1.165) is 35.9 Å². The van der Waals surface area contributed by atoms with E-state index in [9.17, 15) is 0 Å². The molecular formula is C17H19N3. The van der Waals surface area contributed by atoms with Crippen LogP contribution >= 0.6 is 0 Å². The maximum absolute atomic E-state index is 4.73. The van der Waals surface area contributed by atoms with Gasteiger partial charge in [0.15, 0.2) is 0 Å². The molecular weight excluding hydrogens is 246 g/mol. The van der Waals surface area contributed by atoms with Crippen molar-refractivity contribution in [1.82, 2.24) is 14.9 Å². The van der Waals surface area contributed by atoms with Gasteiger partial charge in [-0.1, -0.05) is 42.0 Å². The van der Waals surface area contributed by atoms with E-state index >= 15 is 0 Å². The van der Waals surface area contributed by atoms with Gasteiger partial charge in [-0.15, -0.1) is 0 Å². The van der Waals surface area contributed by atoms with E-state index in [4.69, 9.17) is 4.98 Å². The lowest BCUT2D eigenvalue weighted by Crippen LogP contribution is -2.20. The zero-order valence-electron chi connectivity index (χ0n) is 11.9. The van der Waals surface area contributed by atoms with Gasteiger partial charge in [-0.3, -0.25) is 0 Å². The molecule has 0 unspecified atom stereocenters. The van der Waals surface area contributed by atoms with Gasteiger partial charge in [0.1, 0.15) is 5.82 Å². The summed E-state index contributed by atoms with van der Waals surface area (Å²) in [5, 5.41) is 0. The summed E-state index contributed by atoms with van der Waals surface area (Å²) >= 11 is 0. The Kier molecular flexibility index (Phi) is 3.42. The third-order valence-corrected chi connectivity index (χ3v) is 3.40. The van der Waals surface area contributed by atoms with Crippen LogP contribution in [0.2, 0.25) is 0 Å². The monoisotopic (exact) mass is 265 g/mol. The van der Waals surface area contributed by atoms with E-state index < -0.39 is 0 Å². The van der Waals surface area contributed by atoms with E-state index in [-0.39, 0.29) is 0 Å². The average Bonchev–Trinajstić information content (AvgIpc) is 2.89. The van der Waals surface area contributed by atoms with Crippen LogP contribution in [0.1, 0.15) is 25.2 Å². The minimum Gasteiger partial charge on any atom is -0.368 e. The maximum Gasteiger partial charge on any atom is 0.138 e. The third kappa shape index (κ3) is 2.67. The number of rotatable bonds is 3. The number of hydrogen-bond donors (Lipinski definition) is 1. The summed E-state index contributed by atoms with van der Waals surface area (Å²) in [6.45, 7) is 6.05. The minimum atomic E-state index is 0.860. The van der Waals surface area contributed by atoms with Gasteiger partial charge in [0.25, 0.3) is 0 Å². The molecule has 1 aromatic carbocycles. The van der Waals surface area contributed by atoms with Crippen molar-refractivity contribution < 1.29 is 0 Å². The van der Waals surface area contributed by atoms with Gasteiger partial charge in [-0.2, -0.15) is 0 Å². The van der Waals surface area contributed by atoms with Crippen molar-refractivity contribution in [3.8, 4) is 11.4 Å². The molecule has 0 bridgehead atoms. The van der Waals surface area contributed by atoms with E-state index in [1.54, 1.807) is 0 Å². The molecule has 1 aliphatic rings. The second kappa shape index (κ2) is 5.37. The number of nitrogens with zero attached hydrogens (tertiary/aromatic N) is 2. The Labute approximate surface area is 119 Å². The number of aromatic amines is 1. The molecule has 0 saturated carbocycles. The summed E-state index contributed by atoms with van der Waals surface area (Å²) in [6, 6.07) is 10.2. The molecule has 1 aliphatic heterocycles. The summed E-state index contributed by atoms with van der Waals surface area (Å²) in [7, 11) is 0. The summed E-state index contributed by atoms with van der Waals surface area (Å²) in [5.74, 6) is 0.948. The number of fused-ring (bicyclic) bond motifs is 1. The van der Waals surface area contributed by atoms with Crippen LogP contribution in [0, 0.1) is 0 Å². The van der Waals surface area contributed by atoms with Crippen molar-refractivity contribution >= 4 is 6.08 Å². The second-order valence-corrected chi connectivity index (χ2v) is 5.34. The molecule has 3 nitrogen and oxygen atoms in total. The molecule has 3 rings (SSSR count). The molecule has 0 atom stereocenters. The van der Waals surface area contributed by atoms with Crippen LogP contribution in [0.5, 0.6) is 0 Å². The number of aromatic nitrogens is 2. The molecule has 0 saturated heterocycles. The first-order valence-corrected chi connectivity index (χ1v) is 6.92. The quantitative estimate of drug-likeness (QED) is 0.855. The number of H-pyrrole nitrogens is 1. The van der Waals surface area contributed by atoms with Gasteiger partial charge in [0.05, 0.1) is 17.9 Å². The Hall–Kier alpha value is -2.29. The summed E-state index contributed by atoms with van der Waals surface area (Å²) in [5.41, 5.74) is 4.72. The number of imidazole rings is 1. The van der Waals surface area contributed by atoms with E-state index in [2.05, 4.69) is 54.2 Å². The zero-order valence-corrected chi connectivity index (χ0v) is 11.9. The normalized spacial score (nSPS) is 13.2. The van der Waals surface area contributed by atoms with Gasteiger partial charge in [-0.25, -0.2) is 4.98 Å². The lowest BCUT2D eigenvalue weighted by atomic mass is 10.2. The van der Waals surface area contributed by atoms with Crippen molar-refractivity contribution in [1.29, 1.82) is 0 Å². The smallest absolute Gasteiger partial charge is 0.138 e. The molecule has 0 spiro atoms. The van der Waals surface area contributed by atoms with Crippen molar-refractivity contribution in [3.63, 3.8) is 0 Å². The Morgan fingerprint density at radius 1 is 1.30 bits per heavy atom.